The van der Waals surface area contributed by atoms with Gasteiger partial charge in [-0.15, -0.1) is 0 Å². The maximum atomic E-state index is 12.0. The number of aromatic carboxylic acids is 1. The van der Waals surface area contributed by atoms with E-state index in [4.69, 9.17) is 14.3 Å². The van der Waals surface area contributed by atoms with Crippen LogP contribution in [0.25, 0.3) is 0 Å². The van der Waals surface area contributed by atoms with Gasteiger partial charge in [-0.05, 0) is 30.9 Å². The second kappa shape index (κ2) is 6.56. The number of ether oxygens (including phenoxy) is 1. The van der Waals surface area contributed by atoms with E-state index in [1.165, 1.54) is 6.07 Å². The maximum absolute atomic E-state index is 12.0. The highest BCUT2D eigenvalue weighted by molar-refractivity contribution is 5.84. The van der Waals surface area contributed by atoms with Gasteiger partial charge in [0.15, 0.2) is 0 Å². The van der Waals surface area contributed by atoms with Crippen LogP contribution in [0, 0.1) is 11.8 Å². The highest BCUT2D eigenvalue weighted by atomic mass is 16.5. The number of carbonyl (C=O) groups excluding carboxylic acids is 1. The minimum absolute atomic E-state index is 0.0369. The Bertz CT molecular complexity index is 476. The molecule has 6 nitrogen and oxygen atoms in total. The predicted molar refractivity (Wildman–Crippen MR) is 70.2 cm³/mol. The number of hydrogen-bond acceptors (Lipinski definition) is 4. The van der Waals surface area contributed by atoms with Crippen molar-refractivity contribution in [2.24, 2.45) is 11.8 Å². The van der Waals surface area contributed by atoms with Gasteiger partial charge in [0.05, 0.1) is 6.54 Å². The molecule has 1 aromatic rings. The van der Waals surface area contributed by atoms with E-state index in [1.54, 1.807) is 6.07 Å². The predicted octanol–water partition coefficient (Wildman–Crippen LogP) is 1.66. The standard InChI is InChI=1S/C14H19NO5/c1-9(10-4-6-19-7-5-10)13(16)15-8-11-2-3-12(20-11)14(17)18/h2-3,9-10H,4-8H2,1H3,(H,15,16)(H,17,18). The zero-order chi connectivity index (χ0) is 14.5. The average molecular weight is 281 g/mol. The fraction of sp³-hybridized carbons (Fsp3) is 0.571. The third-order valence-corrected chi connectivity index (χ3v) is 3.70. The maximum Gasteiger partial charge on any atom is 0.371 e. The van der Waals surface area contributed by atoms with Crippen LogP contribution in [0.3, 0.4) is 0 Å². The molecule has 0 radical (unpaired) electrons. The number of amides is 1. The lowest BCUT2D eigenvalue weighted by molar-refractivity contribution is -0.127. The molecule has 1 unspecified atom stereocenters. The molecular formula is C14H19NO5. The summed E-state index contributed by atoms with van der Waals surface area (Å²) < 4.78 is 10.4. The molecule has 1 aromatic heterocycles. The Morgan fingerprint density at radius 2 is 2.10 bits per heavy atom. The summed E-state index contributed by atoms with van der Waals surface area (Å²) in [4.78, 5) is 22.7. The molecule has 0 saturated carbocycles. The van der Waals surface area contributed by atoms with Crippen LogP contribution in [0.5, 0.6) is 0 Å². The Kier molecular flexibility index (Phi) is 4.79. The number of rotatable bonds is 5. The summed E-state index contributed by atoms with van der Waals surface area (Å²) in [7, 11) is 0. The van der Waals surface area contributed by atoms with Crippen LogP contribution in [0.4, 0.5) is 0 Å². The molecule has 1 amide bonds. The number of carboxylic acid groups (broad SMARTS) is 1. The Labute approximate surface area is 117 Å². The van der Waals surface area contributed by atoms with Crippen LogP contribution in [-0.4, -0.2) is 30.2 Å². The monoisotopic (exact) mass is 281 g/mol. The van der Waals surface area contributed by atoms with Gasteiger partial charge < -0.3 is 19.6 Å². The largest absolute Gasteiger partial charge is 0.475 e. The SMILES string of the molecule is CC(C(=O)NCc1ccc(C(=O)O)o1)C1CCOCC1. The molecule has 1 aliphatic heterocycles. The first-order chi connectivity index (χ1) is 9.58. The van der Waals surface area contributed by atoms with Crippen molar-refractivity contribution in [2.45, 2.75) is 26.3 Å². The van der Waals surface area contributed by atoms with Crippen molar-refractivity contribution >= 4 is 11.9 Å². The van der Waals surface area contributed by atoms with E-state index >= 15 is 0 Å². The summed E-state index contributed by atoms with van der Waals surface area (Å²) in [5, 5.41) is 11.5. The van der Waals surface area contributed by atoms with E-state index < -0.39 is 5.97 Å². The molecule has 0 bridgehead atoms. The first-order valence-corrected chi connectivity index (χ1v) is 6.75. The van der Waals surface area contributed by atoms with Gasteiger partial charge in [0, 0.05) is 19.1 Å². The minimum atomic E-state index is -1.11. The van der Waals surface area contributed by atoms with Gasteiger partial charge >= 0.3 is 5.97 Å². The third-order valence-electron chi connectivity index (χ3n) is 3.70. The molecule has 1 atom stereocenters. The van der Waals surface area contributed by atoms with Gasteiger partial charge in [-0.1, -0.05) is 6.92 Å². The Hall–Kier alpha value is -1.82. The van der Waals surface area contributed by atoms with E-state index in [-0.39, 0.29) is 24.1 Å². The van der Waals surface area contributed by atoms with Gasteiger partial charge in [-0.25, -0.2) is 4.79 Å². The Balaban J connectivity index is 1.82. The van der Waals surface area contributed by atoms with Crippen molar-refractivity contribution in [3.63, 3.8) is 0 Å². The summed E-state index contributed by atoms with van der Waals surface area (Å²) in [5.41, 5.74) is 0. The van der Waals surface area contributed by atoms with Crippen LogP contribution in [0.1, 0.15) is 36.1 Å². The molecule has 2 N–H and O–H groups in total. The molecule has 1 aliphatic rings. The number of carbonyl (C=O) groups is 2. The van der Waals surface area contributed by atoms with Crippen LogP contribution in [-0.2, 0) is 16.1 Å². The lowest BCUT2D eigenvalue weighted by atomic mass is 9.87. The van der Waals surface area contributed by atoms with Crippen LogP contribution in [0.2, 0.25) is 0 Å². The van der Waals surface area contributed by atoms with Gasteiger partial charge in [0.1, 0.15) is 5.76 Å². The van der Waals surface area contributed by atoms with Gasteiger partial charge in [0.25, 0.3) is 0 Å². The lowest BCUT2D eigenvalue weighted by Gasteiger charge is -2.26. The summed E-state index contributed by atoms with van der Waals surface area (Å²) >= 11 is 0. The van der Waals surface area contributed by atoms with Gasteiger partial charge in [-0.2, -0.15) is 0 Å². The van der Waals surface area contributed by atoms with Crippen molar-refractivity contribution in [3.8, 4) is 0 Å². The van der Waals surface area contributed by atoms with E-state index in [2.05, 4.69) is 5.32 Å². The number of carboxylic acids is 1. The smallest absolute Gasteiger partial charge is 0.371 e. The summed E-state index contributed by atoms with van der Waals surface area (Å²) in [6.45, 7) is 3.54. The lowest BCUT2D eigenvalue weighted by Crippen LogP contribution is -2.35. The molecule has 6 heteroatoms. The zero-order valence-electron chi connectivity index (χ0n) is 11.4. The molecule has 2 rings (SSSR count). The highest BCUT2D eigenvalue weighted by Gasteiger charge is 2.25. The second-order valence-corrected chi connectivity index (χ2v) is 5.03. The first kappa shape index (κ1) is 14.6. The van der Waals surface area contributed by atoms with Crippen molar-refractivity contribution in [3.05, 3.63) is 23.7 Å². The fourth-order valence-electron chi connectivity index (χ4n) is 2.35. The topological polar surface area (TPSA) is 88.8 Å². The molecule has 1 fully saturated rings. The van der Waals surface area contributed by atoms with Gasteiger partial charge in [0.2, 0.25) is 11.7 Å². The Morgan fingerprint density at radius 3 is 2.70 bits per heavy atom. The normalized spacial score (nSPS) is 17.6. The number of hydrogen-bond donors (Lipinski definition) is 2. The third kappa shape index (κ3) is 3.60. The van der Waals surface area contributed by atoms with Crippen LogP contribution >= 0.6 is 0 Å². The van der Waals surface area contributed by atoms with E-state index in [9.17, 15) is 9.59 Å². The van der Waals surface area contributed by atoms with E-state index in [0.29, 0.717) is 24.9 Å². The molecule has 0 aromatic carbocycles. The molecule has 20 heavy (non-hydrogen) atoms. The molecule has 1 saturated heterocycles. The highest BCUT2D eigenvalue weighted by Crippen LogP contribution is 2.23. The van der Waals surface area contributed by atoms with Gasteiger partial charge in [-0.3, -0.25) is 4.79 Å². The van der Waals surface area contributed by atoms with E-state index in [0.717, 1.165) is 12.8 Å². The molecule has 2 heterocycles. The fourth-order valence-corrected chi connectivity index (χ4v) is 2.35. The average Bonchev–Trinajstić information content (AvgIpc) is 2.94. The number of nitrogens with one attached hydrogen (secondary N) is 1. The summed E-state index contributed by atoms with van der Waals surface area (Å²) in [5.74, 6) is -0.562. The number of furan rings is 1. The Morgan fingerprint density at radius 1 is 1.40 bits per heavy atom. The molecule has 0 aliphatic carbocycles. The first-order valence-electron chi connectivity index (χ1n) is 6.75. The van der Waals surface area contributed by atoms with Crippen molar-refractivity contribution < 1.29 is 23.8 Å². The van der Waals surface area contributed by atoms with E-state index in [1.807, 2.05) is 6.92 Å². The van der Waals surface area contributed by atoms with Crippen molar-refractivity contribution in [2.75, 3.05) is 13.2 Å². The molecular weight excluding hydrogens is 262 g/mol. The molecule has 0 spiro atoms. The zero-order valence-corrected chi connectivity index (χ0v) is 11.4. The summed E-state index contributed by atoms with van der Waals surface area (Å²) in [6, 6.07) is 2.94. The van der Waals surface area contributed by atoms with Crippen LogP contribution in [0.15, 0.2) is 16.5 Å². The quantitative estimate of drug-likeness (QED) is 0.856. The van der Waals surface area contributed by atoms with Crippen molar-refractivity contribution in [1.82, 2.24) is 5.32 Å². The minimum Gasteiger partial charge on any atom is -0.475 e. The van der Waals surface area contributed by atoms with Crippen LogP contribution < -0.4 is 5.32 Å². The second-order valence-electron chi connectivity index (χ2n) is 5.03. The van der Waals surface area contributed by atoms with Crippen molar-refractivity contribution in [1.29, 1.82) is 0 Å². The summed E-state index contributed by atoms with van der Waals surface area (Å²) in [6.07, 6.45) is 1.80. The molecule has 110 valence electrons.